The lowest BCUT2D eigenvalue weighted by atomic mass is 10.0. The summed E-state index contributed by atoms with van der Waals surface area (Å²) in [6.45, 7) is 0.250. The van der Waals surface area contributed by atoms with E-state index >= 15 is 0 Å². The molecule has 122 valence electrons. The smallest absolute Gasteiger partial charge is 0.407 e. The molecule has 1 amide bonds. The summed E-state index contributed by atoms with van der Waals surface area (Å²) in [6, 6.07) is 18.7. The second kappa shape index (κ2) is 8.92. The number of nitrogens with one attached hydrogen (secondary N) is 1. The zero-order valence-electron chi connectivity index (χ0n) is 12.9. The Kier molecular flexibility index (Phi) is 6.59. The van der Waals surface area contributed by atoms with Crippen LogP contribution in [0.1, 0.15) is 11.1 Å². The summed E-state index contributed by atoms with van der Waals surface area (Å²) in [5.74, 6) is 0. The van der Waals surface area contributed by atoms with Crippen LogP contribution in [-0.2, 0) is 17.7 Å². The van der Waals surface area contributed by atoms with Crippen LogP contribution in [0.15, 0.2) is 60.7 Å². The Morgan fingerprint density at radius 2 is 1.61 bits per heavy atom. The van der Waals surface area contributed by atoms with Crippen LogP contribution < -0.4 is 11.1 Å². The molecule has 0 heterocycles. The van der Waals surface area contributed by atoms with Crippen molar-refractivity contribution in [1.82, 2.24) is 5.32 Å². The van der Waals surface area contributed by atoms with Gasteiger partial charge in [0.25, 0.3) is 0 Å². The van der Waals surface area contributed by atoms with Crippen LogP contribution in [0.3, 0.4) is 0 Å². The first-order chi connectivity index (χ1) is 11.1. The van der Waals surface area contributed by atoms with Crippen LogP contribution in [0.5, 0.6) is 0 Å². The molecule has 23 heavy (non-hydrogen) atoms. The molecule has 5 nitrogen and oxygen atoms in total. The second-order valence-corrected chi connectivity index (χ2v) is 5.36. The number of ether oxygens (including phenoxy) is 1. The van der Waals surface area contributed by atoms with Crippen LogP contribution >= 0.6 is 0 Å². The minimum Gasteiger partial charge on any atom is -0.447 e. The molecule has 0 saturated carbocycles. The number of aliphatic hydroxyl groups excluding tert-OH is 1. The van der Waals surface area contributed by atoms with Crippen LogP contribution in [0.25, 0.3) is 0 Å². The summed E-state index contributed by atoms with van der Waals surface area (Å²) in [6.07, 6.45) is -0.950. The molecule has 5 heteroatoms. The number of alkyl carbamates (subject to hydrolysis) is 1. The Balaban J connectivity index is 1.68. The Bertz CT molecular complexity index is 590. The third kappa shape index (κ3) is 6.10. The molecule has 0 radical (unpaired) electrons. The highest BCUT2D eigenvalue weighted by molar-refractivity contribution is 5.67. The molecule has 0 aliphatic carbocycles. The number of rotatable bonds is 7. The van der Waals surface area contributed by atoms with Crippen molar-refractivity contribution in [2.75, 3.05) is 6.61 Å². The van der Waals surface area contributed by atoms with Crippen molar-refractivity contribution in [3.05, 3.63) is 71.8 Å². The zero-order chi connectivity index (χ0) is 16.5. The normalized spacial score (nSPS) is 13.1. The summed E-state index contributed by atoms with van der Waals surface area (Å²) >= 11 is 0. The molecule has 2 aromatic rings. The van der Waals surface area contributed by atoms with Gasteiger partial charge in [-0.2, -0.15) is 0 Å². The number of benzene rings is 2. The number of carbonyl (C=O) groups excluding carboxylic acids is 1. The van der Waals surface area contributed by atoms with Gasteiger partial charge in [0.1, 0.15) is 12.7 Å². The number of hydrogen-bond acceptors (Lipinski definition) is 4. The SMILES string of the molecule is N[C@@H](Cc1ccccc1)[C@@H](O)COC(=O)NCc1ccccc1. The Labute approximate surface area is 136 Å². The van der Waals surface area contributed by atoms with Crippen molar-refractivity contribution < 1.29 is 14.6 Å². The van der Waals surface area contributed by atoms with Crippen LogP contribution in [0.4, 0.5) is 4.79 Å². The largest absolute Gasteiger partial charge is 0.447 e. The van der Waals surface area contributed by atoms with Crippen LogP contribution in [0.2, 0.25) is 0 Å². The molecule has 0 fully saturated rings. The van der Waals surface area contributed by atoms with Gasteiger partial charge in [0.15, 0.2) is 0 Å². The average molecular weight is 314 g/mol. The molecule has 2 aromatic carbocycles. The summed E-state index contributed by atoms with van der Waals surface area (Å²) in [5.41, 5.74) is 7.95. The van der Waals surface area contributed by atoms with Gasteiger partial charge in [0.05, 0.1) is 0 Å². The van der Waals surface area contributed by atoms with E-state index in [2.05, 4.69) is 5.32 Å². The van der Waals surface area contributed by atoms with Gasteiger partial charge in [-0.25, -0.2) is 4.79 Å². The molecule has 0 aliphatic heterocycles. The Morgan fingerprint density at radius 1 is 1.04 bits per heavy atom. The molecule has 2 atom stereocenters. The fourth-order valence-electron chi connectivity index (χ4n) is 2.13. The number of aliphatic hydroxyl groups is 1. The first-order valence-electron chi connectivity index (χ1n) is 7.57. The maximum Gasteiger partial charge on any atom is 0.407 e. The zero-order valence-corrected chi connectivity index (χ0v) is 12.9. The second-order valence-electron chi connectivity index (χ2n) is 5.36. The van der Waals surface area contributed by atoms with Crippen molar-refractivity contribution >= 4 is 6.09 Å². The topological polar surface area (TPSA) is 84.6 Å². The van der Waals surface area contributed by atoms with Gasteiger partial charge in [0, 0.05) is 12.6 Å². The van der Waals surface area contributed by atoms with Gasteiger partial charge >= 0.3 is 6.09 Å². The highest BCUT2D eigenvalue weighted by Gasteiger charge is 2.17. The van der Waals surface area contributed by atoms with E-state index < -0.39 is 18.2 Å². The van der Waals surface area contributed by atoms with E-state index in [1.54, 1.807) is 0 Å². The molecule has 0 bridgehead atoms. The fraction of sp³-hybridized carbons (Fsp3) is 0.278. The molecule has 0 saturated heterocycles. The maximum atomic E-state index is 11.6. The van der Waals surface area contributed by atoms with Crippen LogP contribution in [-0.4, -0.2) is 30.0 Å². The molecular weight excluding hydrogens is 292 g/mol. The third-order valence-electron chi connectivity index (χ3n) is 3.47. The molecule has 0 aliphatic rings. The van der Waals surface area contributed by atoms with Crippen molar-refractivity contribution in [1.29, 1.82) is 0 Å². The minimum absolute atomic E-state index is 0.130. The highest BCUT2D eigenvalue weighted by atomic mass is 16.6. The predicted molar refractivity (Wildman–Crippen MR) is 88.8 cm³/mol. The van der Waals surface area contributed by atoms with Gasteiger partial charge < -0.3 is 20.9 Å². The average Bonchev–Trinajstić information content (AvgIpc) is 2.59. The van der Waals surface area contributed by atoms with E-state index in [1.165, 1.54) is 0 Å². The van der Waals surface area contributed by atoms with Crippen LogP contribution in [0, 0.1) is 0 Å². The summed E-state index contributed by atoms with van der Waals surface area (Å²) in [4.78, 5) is 11.6. The van der Waals surface area contributed by atoms with E-state index in [-0.39, 0.29) is 6.61 Å². The van der Waals surface area contributed by atoms with E-state index in [0.717, 1.165) is 11.1 Å². The molecular formula is C18H22N2O3. The Hall–Kier alpha value is -2.37. The molecule has 4 N–H and O–H groups in total. The van der Waals surface area contributed by atoms with Crippen molar-refractivity contribution in [3.63, 3.8) is 0 Å². The first kappa shape index (κ1) is 17.0. The van der Waals surface area contributed by atoms with E-state index in [9.17, 15) is 9.90 Å². The van der Waals surface area contributed by atoms with Crippen molar-refractivity contribution in [3.8, 4) is 0 Å². The maximum absolute atomic E-state index is 11.6. The van der Waals surface area contributed by atoms with E-state index in [4.69, 9.17) is 10.5 Å². The monoisotopic (exact) mass is 314 g/mol. The van der Waals surface area contributed by atoms with Gasteiger partial charge in [0.2, 0.25) is 0 Å². The molecule has 0 aromatic heterocycles. The van der Waals surface area contributed by atoms with E-state index in [1.807, 2.05) is 60.7 Å². The summed E-state index contributed by atoms with van der Waals surface area (Å²) in [5, 5.41) is 12.6. The lowest BCUT2D eigenvalue weighted by molar-refractivity contribution is 0.0535. The third-order valence-corrected chi connectivity index (χ3v) is 3.47. The summed E-state index contributed by atoms with van der Waals surface area (Å²) < 4.78 is 5.00. The predicted octanol–water partition coefficient (Wildman–Crippen LogP) is 1.84. The first-order valence-corrected chi connectivity index (χ1v) is 7.57. The fourth-order valence-corrected chi connectivity index (χ4v) is 2.13. The number of nitrogens with two attached hydrogens (primary N) is 1. The number of hydrogen-bond donors (Lipinski definition) is 3. The lowest BCUT2D eigenvalue weighted by Crippen LogP contribution is -2.41. The molecule has 2 rings (SSSR count). The Morgan fingerprint density at radius 3 is 2.22 bits per heavy atom. The molecule has 0 unspecified atom stereocenters. The highest BCUT2D eigenvalue weighted by Crippen LogP contribution is 2.05. The summed E-state index contributed by atoms with van der Waals surface area (Å²) in [7, 11) is 0. The van der Waals surface area contributed by atoms with Gasteiger partial charge in [-0.05, 0) is 17.5 Å². The van der Waals surface area contributed by atoms with Gasteiger partial charge in [-0.3, -0.25) is 0 Å². The number of carbonyl (C=O) groups is 1. The number of amides is 1. The van der Waals surface area contributed by atoms with E-state index in [0.29, 0.717) is 13.0 Å². The van der Waals surface area contributed by atoms with Gasteiger partial charge in [-0.15, -0.1) is 0 Å². The quantitative estimate of drug-likeness (QED) is 0.728. The van der Waals surface area contributed by atoms with Gasteiger partial charge in [-0.1, -0.05) is 60.7 Å². The van der Waals surface area contributed by atoms with Crippen molar-refractivity contribution in [2.24, 2.45) is 5.73 Å². The standard InChI is InChI=1S/C18H22N2O3/c19-16(11-14-7-3-1-4-8-14)17(21)13-23-18(22)20-12-15-9-5-2-6-10-15/h1-10,16-17,21H,11-13,19H2,(H,20,22)/t16-,17-/m0/s1. The van der Waals surface area contributed by atoms with Crippen molar-refractivity contribution in [2.45, 2.75) is 25.1 Å². The lowest BCUT2D eigenvalue weighted by Gasteiger charge is -2.19. The minimum atomic E-state index is -0.905. The molecule has 0 spiro atoms.